The number of benzene rings is 1. The fraction of sp³-hybridized carbons (Fsp3) is 0.600. The van der Waals surface area contributed by atoms with Gasteiger partial charge in [-0.2, -0.15) is 0 Å². The highest BCUT2D eigenvalue weighted by molar-refractivity contribution is 9.10. The van der Waals surface area contributed by atoms with Gasteiger partial charge >= 0.3 is 0 Å². The highest BCUT2D eigenvalue weighted by Gasteiger charge is 2.40. The molecule has 2 aliphatic rings. The maximum atomic E-state index is 13.6. The number of hydrogen-bond donors (Lipinski definition) is 0. The molecule has 2 fully saturated rings. The Hall–Kier alpha value is -0.460. The molecule has 3 atom stereocenters. The summed E-state index contributed by atoms with van der Waals surface area (Å²) in [4.78, 5) is 0.0221. The Bertz CT molecular complexity index is 649. The van der Waals surface area contributed by atoms with E-state index in [4.69, 9.17) is 0 Å². The van der Waals surface area contributed by atoms with Gasteiger partial charge in [0, 0.05) is 13.6 Å². The van der Waals surface area contributed by atoms with Crippen LogP contribution in [0.25, 0.3) is 0 Å². The third-order valence-electron chi connectivity index (χ3n) is 4.98. The van der Waals surface area contributed by atoms with Crippen molar-refractivity contribution in [2.45, 2.75) is 30.6 Å². The van der Waals surface area contributed by atoms with Crippen LogP contribution in [0.2, 0.25) is 0 Å². The Kier molecular flexibility index (Phi) is 4.14. The fourth-order valence-corrected chi connectivity index (χ4v) is 5.33. The predicted molar refractivity (Wildman–Crippen MR) is 82.9 cm³/mol. The Morgan fingerprint density at radius 1 is 1.33 bits per heavy atom. The lowest BCUT2D eigenvalue weighted by atomic mass is 9.89. The van der Waals surface area contributed by atoms with Gasteiger partial charge < -0.3 is 0 Å². The van der Waals surface area contributed by atoms with Crippen LogP contribution in [-0.4, -0.2) is 26.3 Å². The molecular weight excluding hydrogens is 357 g/mol. The third kappa shape index (κ3) is 2.90. The first-order valence-electron chi connectivity index (χ1n) is 7.29. The highest BCUT2D eigenvalue weighted by Crippen LogP contribution is 2.48. The van der Waals surface area contributed by atoms with Crippen molar-refractivity contribution in [1.82, 2.24) is 4.31 Å². The summed E-state index contributed by atoms with van der Waals surface area (Å²) in [6.07, 6.45) is 4.93. The number of sulfonamides is 1. The van der Waals surface area contributed by atoms with Gasteiger partial charge in [0.25, 0.3) is 0 Å². The molecule has 3 rings (SSSR count). The average molecular weight is 376 g/mol. The van der Waals surface area contributed by atoms with E-state index in [9.17, 15) is 12.8 Å². The molecule has 0 heterocycles. The van der Waals surface area contributed by atoms with Crippen LogP contribution in [-0.2, 0) is 10.0 Å². The van der Waals surface area contributed by atoms with Gasteiger partial charge in [-0.25, -0.2) is 17.1 Å². The van der Waals surface area contributed by atoms with Crippen LogP contribution in [0.3, 0.4) is 0 Å². The average Bonchev–Trinajstić information content (AvgIpc) is 3.04. The van der Waals surface area contributed by atoms with E-state index in [0.717, 1.165) is 18.4 Å². The SMILES string of the molecule is CN(CC1CC2CCC1C2)S(=O)(=O)c1ccc(Br)c(F)c1. The molecule has 1 aromatic rings. The van der Waals surface area contributed by atoms with Crippen LogP contribution >= 0.6 is 15.9 Å². The van der Waals surface area contributed by atoms with Crippen molar-refractivity contribution in [3.63, 3.8) is 0 Å². The van der Waals surface area contributed by atoms with Gasteiger partial charge in [0.15, 0.2) is 0 Å². The summed E-state index contributed by atoms with van der Waals surface area (Å²) in [5.74, 6) is 1.38. The lowest BCUT2D eigenvalue weighted by molar-refractivity contribution is 0.280. The van der Waals surface area contributed by atoms with Crippen LogP contribution in [0, 0.1) is 23.6 Å². The van der Waals surface area contributed by atoms with Gasteiger partial charge in [-0.15, -0.1) is 0 Å². The second-order valence-corrected chi connectivity index (χ2v) is 9.20. The van der Waals surface area contributed by atoms with E-state index in [0.29, 0.717) is 18.4 Å². The molecule has 0 aliphatic heterocycles. The van der Waals surface area contributed by atoms with Gasteiger partial charge in [0.1, 0.15) is 5.82 Å². The summed E-state index contributed by atoms with van der Waals surface area (Å²) >= 11 is 3.04. The minimum Gasteiger partial charge on any atom is -0.207 e. The quantitative estimate of drug-likeness (QED) is 0.805. The largest absolute Gasteiger partial charge is 0.242 e. The smallest absolute Gasteiger partial charge is 0.207 e. The maximum absolute atomic E-state index is 13.6. The van der Waals surface area contributed by atoms with Crippen molar-refractivity contribution in [1.29, 1.82) is 0 Å². The Labute approximate surface area is 133 Å². The topological polar surface area (TPSA) is 37.4 Å². The van der Waals surface area contributed by atoms with Gasteiger partial charge in [-0.05, 0) is 71.1 Å². The van der Waals surface area contributed by atoms with E-state index >= 15 is 0 Å². The summed E-state index contributed by atoms with van der Waals surface area (Å²) in [6.45, 7) is 0.543. The molecule has 2 saturated carbocycles. The summed E-state index contributed by atoms with van der Waals surface area (Å²) < 4.78 is 40.3. The maximum Gasteiger partial charge on any atom is 0.242 e. The summed E-state index contributed by atoms with van der Waals surface area (Å²) in [7, 11) is -2.01. The van der Waals surface area contributed by atoms with Crippen LogP contribution in [0.1, 0.15) is 25.7 Å². The number of nitrogens with zero attached hydrogens (tertiary/aromatic N) is 1. The molecule has 0 spiro atoms. The van der Waals surface area contributed by atoms with Crippen LogP contribution < -0.4 is 0 Å². The number of rotatable bonds is 4. The van der Waals surface area contributed by atoms with Crippen molar-refractivity contribution < 1.29 is 12.8 Å². The van der Waals surface area contributed by atoms with Crippen molar-refractivity contribution >= 4 is 26.0 Å². The molecule has 2 bridgehead atoms. The van der Waals surface area contributed by atoms with Gasteiger partial charge in [-0.1, -0.05) is 6.42 Å². The molecule has 0 aromatic heterocycles. The zero-order valence-corrected chi connectivity index (χ0v) is 14.3. The first kappa shape index (κ1) is 15.4. The number of halogens is 2. The molecule has 0 amide bonds. The zero-order chi connectivity index (χ0) is 15.2. The van der Waals surface area contributed by atoms with Crippen LogP contribution in [0.15, 0.2) is 27.6 Å². The Morgan fingerprint density at radius 3 is 2.67 bits per heavy atom. The normalized spacial score (nSPS) is 28.5. The standard InChI is InChI=1S/C15H19BrFNO2S/c1-18(9-12-7-10-2-3-11(12)6-10)21(19,20)13-4-5-14(16)15(17)8-13/h4-5,8,10-12H,2-3,6-7,9H2,1H3. The van der Waals surface area contributed by atoms with Crippen LogP contribution in [0.5, 0.6) is 0 Å². The number of fused-ring (bicyclic) bond motifs is 2. The molecule has 21 heavy (non-hydrogen) atoms. The Balaban J connectivity index is 1.76. The van der Waals surface area contributed by atoms with Gasteiger partial charge in [0.2, 0.25) is 10.0 Å². The summed E-state index contributed by atoms with van der Waals surface area (Å²) in [5.41, 5.74) is 0. The van der Waals surface area contributed by atoms with E-state index in [2.05, 4.69) is 15.9 Å². The summed E-state index contributed by atoms with van der Waals surface area (Å²) in [5, 5.41) is 0. The molecule has 6 heteroatoms. The molecule has 0 saturated heterocycles. The van der Waals surface area contributed by atoms with Crippen molar-refractivity contribution in [2.24, 2.45) is 17.8 Å². The monoisotopic (exact) mass is 375 g/mol. The van der Waals surface area contributed by atoms with E-state index in [1.165, 1.54) is 35.7 Å². The Morgan fingerprint density at radius 2 is 2.10 bits per heavy atom. The lowest BCUT2D eigenvalue weighted by Crippen LogP contribution is -2.33. The fourth-order valence-electron chi connectivity index (χ4n) is 3.85. The third-order valence-corrected chi connectivity index (χ3v) is 7.44. The van der Waals surface area contributed by atoms with Crippen molar-refractivity contribution in [3.05, 3.63) is 28.5 Å². The molecular formula is C15H19BrFNO2S. The van der Waals surface area contributed by atoms with E-state index in [-0.39, 0.29) is 9.37 Å². The van der Waals surface area contributed by atoms with Crippen LogP contribution in [0.4, 0.5) is 4.39 Å². The molecule has 2 aliphatic carbocycles. The molecule has 3 unspecified atom stereocenters. The lowest BCUT2D eigenvalue weighted by Gasteiger charge is -2.26. The molecule has 116 valence electrons. The molecule has 0 N–H and O–H groups in total. The second-order valence-electron chi connectivity index (χ2n) is 6.30. The minimum absolute atomic E-state index is 0.0221. The molecule has 0 radical (unpaired) electrons. The highest BCUT2D eigenvalue weighted by atomic mass is 79.9. The van der Waals surface area contributed by atoms with Crippen molar-refractivity contribution in [3.8, 4) is 0 Å². The first-order chi connectivity index (χ1) is 9.88. The molecule has 3 nitrogen and oxygen atoms in total. The van der Waals surface area contributed by atoms with Gasteiger partial charge in [0.05, 0.1) is 9.37 Å². The van der Waals surface area contributed by atoms with E-state index in [1.54, 1.807) is 7.05 Å². The minimum atomic E-state index is -3.61. The first-order valence-corrected chi connectivity index (χ1v) is 9.52. The van der Waals surface area contributed by atoms with E-state index in [1.807, 2.05) is 0 Å². The van der Waals surface area contributed by atoms with Crippen molar-refractivity contribution in [2.75, 3.05) is 13.6 Å². The predicted octanol–water partition coefficient (Wildman–Crippen LogP) is 3.64. The number of hydrogen-bond acceptors (Lipinski definition) is 2. The van der Waals surface area contributed by atoms with Gasteiger partial charge in [-0.3, -0.25) is 0 Å². The molecule has 1 aromatic carbocycles. The second kappa shape index (κ2) is 5.63. The summed E-state index contributed by atoms with van der Waals surface area (Å²) in [6, 6.07) is 3.96. The zero-order valence-electron chi connectivity index (χ0n) is 11.9. The van der Waals surface area contributed by atoms with E-state index < -0.39 is 15.8 Å².